The first-order chi connectivity index (χ1) is 20.2. The molecule has 0 aromatic heterocycles. The van der Waals surface area contributed by atoms with Gasteiger partial charge >= 0.3 is 6.18 Å². The van der Waals surface area contributed by atoms with E-state index in [9.17, 15) is 18.0 Å². The number of likely N-dealkylation sites (tertiary alicyclic amines) is 2. The average Bonchev–Trinajstić information content (AvgIpc) is 3.45. The first kappa shape index (κ1) is 31.6. The normalized spacial score (nSPS) is 27.9. The number of carbonyl (C=O) groups excluding carboxylic acids is 1. The van der Waals surface area contributed by atoms with Gasteiger partial charge in [0.25, 0.3) is 5.91 Å². The van der Waals surface area contributed by atoms with Crippen molar-refractivity contribution >= 4 is 11.6 Å². The molecule has 0 bridgehead atoms. The zero-order chi connectivity index (χ0) is 31.2. The number of hydrogen-bond donors (Lipinski definition) is 0. The highest BCUT2D eigenvalue weighted by molar-refractivity contribution is 5.86. The molecular formula is C34H45F4N3O2. The van der Waals surface area contributed by atoms with Crippen molar-refractivity contribution < 1.29 is 27.1 Å². The maximum absolute atomic E-state index is 16.0. The second kappa shape index (κ2) is 11.9. The predicted octanol–water partition coefficient (Wildman–Crippen LogP) is 7.02. The van der Waals surface area contributed by atoms with Gasteiger partial charge in [-0.2, -0.15) is 13.2 Å². The number of halogens is 4. The second-order valence-electron chi connectivity index (χ2n) is 13.8. The molecular weight excluding hydrogens is 558 g/mol. The molecule has 1 aliphatic carbocycles. The Kier molecular flexibility index (Phi) is 8.78. The molecule has 4 fully saturated rings. The summed E-state index contributed by atoms with van der Waals surface area (Å²) >= 11 is 0. The van der Waals surface area contributed by atoms with Crippen molar-refractivity contribution in [1.82, 2.24) is 9.80 Å². The van der Waals surface area contributed by atoms with E-state index in [-0.39, 0.29) is 23.9 Å². The van der Waals surface area contributed by atoms with Crippen LogP contribution in [0.5, 0.6) is 5.75 Å². The number of fused-ring (bicyclic) bond motifs is 1. The quantitative estimate of drug-likeness (QED) is 0.352. The average molecular weight is 604 g/mol. The third-order valence-electron chi connectivity index (χ3n) is 9.88. The number of ether oxygens (including phenoxy) is 1. The van der Waals surface area contributed by atoms with Crippen LogP contribution in [-0.4, -0.2) is 73.3 Å². The van der Waals surface area contributed by atoms with E-state index < -0.39 is 23.3 Å². The molecule has 1 saturated carbocycles. The number of carbonyl (C=O) groups is 1. The first-order valence-electron chi connectivity index (χ1n) is 15.5. The summed E-state index contributed by atoms with van der Waals surface area (Å²) in [4.78, 5) is 19.1. The van der Waals surface area contributed by atoms with E-state index in [4.69, 9.17) is 4.74 Å². The Morgan fingerprint density at radius 3 is 2.09 bits per heavy atom. The zero-order valence-electron chi connectivity index (χ0n) is 26.0. The highest BCUT2D eigenvalue weighted by Crippen LogP contribution is 2.49. The summed E-state index contributed by atoms with van der Waals surface area (Å²) in [6.07, 6.45) is -1.92. The van der Waals surface area contributed by atoms with Crippen molar-refractivity contribution in [3.63, 3.8) is 0 Å². The van der Waals surface area contributed by atoms with Crippen LogP contribution in [0.15, 0.2) is 48.5 Å². The summed E-state index contributed by atoms with van der Waals surface area (Å²) in [5.74, 6) is 1.39. The smallest absolute Gasteiger partial charge is 0.416 e. The highest BCUT2D eigenvalue weighted by Gasteiger charge is 2.54. The van der Waals surface area contributed by atoms with Crippen LogP contribution in [0.3, 0.4) is 0 Å². The molecule has 3 saturated heterocycles. The van der Waals surface area contributed by atoms with E-state index >= 15 is 4.39 Å². The van der Waals surface area contributed by atoms with E-state index in [0.29, 0.717) is 50.0 Å². The molecule has 5 nitrogen and oxygen atoms in total. The van der Waals surface area contributed by atoms with Crippen LogP contribution in [0.1, 0.15) is 64.0 Å². The van der Waals surface area contributed by atoms with Gasteiger partial charge in [-0.25, -0.2) is 4.39 Å². The monoisotopic (exact) mass is 603 g/mol. The largest absolute Gasteiger partial charge is 0.497 e. The predicted molar refractivity (Wildman–Crippen MR) is 161 cm³/mol. The Labute approximate surface area is 253 Å². The number of rotatable bonds is 4. The fraction of sp³-hybridized carbons (Fsp3) is 0.618. The lowest BCUT2D eigenvalue weighted by atomic mass is 9.85. The number of nitrogens with zero attached hydrogens (tertiary/aromatic N) is 3. The second-order valence-corrected chi connectivity index (χ2v) is 13.8. The van der Waals surface area contributed by atoms with Crippen LogP contribution in [0.4, 0.5) is 23.2 Å². The molecule has 4 aliphatic rings. The molecule has 236 valence electrons. The summed E-state index contributed by atoms with van der Waals surface area (Å²) in [6, 6.07) is 13.8. The van der Waals surface area contributed by atoms with Crippen molar-refractivity contribution in [2.75, 3.05) is 51.3 Å². The summed E-state index contributed by atoms with van der Waals surface area (Å²) in [6.45, 7) is 11.1. The number of alkyl halides is 4. The maximum Gasteiger partial charge on any atom is 0.416 e. The Balaban J connectivity index is 0.000000400. The van der Waals surface area contributed by atoms with Gasteiger partial charge < -0.3 is 14.5 Å². The number of methoxy groups -OCH3 is 1. The number of piperidine rings is 2. The minimum atomic E-state index is -4.37. The molecule has 0 N–H and O–H groups in total. The van der Waals surface area contributed by atoms with Crippen molar-refractivity contribution in [1.29, 1.82) is 0 Å². The van der Waals surface area contributed by atoms with Gasteiger partial charge in [0.2, 0.25) is 5.67 Å². The van der Waals surface area contributed by atoms with E-state index in [0.717, 1.165) is 24.4 Å². The van der Waals surface area contributed by atoms with Gasteiger partial charge in [0.05, 0.1) is 12.7 Å². The van der Waals surface area contributed by atoms with E-state index in [2.05, 4.69) is 4.90 Å². The van der Waals surface area contributed by atoms with Gasteiger partial charge in [0, 0.05) is 56.4 Å². The molecule has 3 aliphatic heterocycles. The van der Waals surface area contributed by atoms with Gasteiger partial charge in [-0.1, -0.05) is 31.2 Å². The molecule has 2 aromatic rings. The van der Waals surface area contributed by atoms with E-state index in [1.165, 1.54) is 18.6 Å². The molecule has 9 heteroatoms. The van der Waals surface area contributed by atoms with Crippen molar-refractivity contribution in [3.05, 3.63) is 59.7 Å². The van der Waals surface area contributed by atoms with Gasteiger partial charge in [-0.05, 0) is 87.6 Å². The number of para-hydroxylation sites is 1. The number of benzene rings is 2. The molecule has 43 heavy (non-hydrogen) atoms. The third-order valence-corrected chi connectivity index (χ3v) is 9.88. The molecule has 0 spiro atoms. The van der Waals surface area contributed by atoms with Crippen LogP contribution in [0, 0.1) is 17.8 Å². The van der Waals surface area contributed by atoms with Crippen molar-refractivity contribution in [2.45, 2.75) is 70.3 Å². The van der Waals surface area contributed by atoms with Gasteiger partial charge in [0.1, 0.15) is 5.75 Å². The van der Waals surface area contributed by atoms with Gasteiger partial charge in [0.15, 0.2) is 0 Å². The van der Waals surface area contributed by atoms with Crippen LogP contribution < -0.4 is 9.64 Å². The molecule has 2 aromatic carbocycles. The van der Waals surface area contributed by atoms with Crippen molar-refractivity contribution in [3.8, 4) is 5.75 Å². The summed E-state index contributed by atoms with van der Waals surface area (Å²) in [7, 11) is 1.66. The minimum absolute atomic E-state index is 0.0656. The zero-order valence-corrected chi connectivity index (χ0v) is 26.0. The molecule has 3 heterocycles. The highest BCUT2D eigenvalue weighted by atomic mass is 19.4. The van der Waals surface area contributed by atoms with Crippen molar-refractivity contribution in [2.24, 2.45) is 17.8 Å². The van der Waals surface area contributed by atoms with Gasteiger partial charge in [-0.3, -0.25) is 9.69 Å². The molecule has 1 amide bonds. The summed E-state index contributed by atoms with van der Waals surface area (Å²) in [5, 5.41) is 0. The number of anilines is 1. The summed E-state index contributed by atoms with van der Waals surface area (Å²) < 4.78 is 61.3. The lowest BCUT2D eigenvalue weighted by Crippen LogP contribution is -2.53. The minimum Gasteiger partial charge on any atom is -0.497 e. The number of hydrogen-bond acceptors (Lipinski definition) is 4. The fourth-order valence-corrected chi connectivity index (χ4v) is 6.91. The van der Waals surface area contributed by atoms with Crippen LogP contribution in [0.25, 0.3) is 0 Å². The topological polar surface area (TPSA) is 36.0 Å². The molecule has 2 unspecified atom stereocenters. The lowest BCUT2D eigenvalue weighted by Gasteiger charge is -2.38. The maximum atomic E-state index is 16.0. The third kappa shape index (κ3) is 6.81. The SMILES string of the molecule is COc1ccccc1.C[C@@H]1CN(C(C)(C)C)C[C@@]1(F)C(=O)N1CCC(c2ccc(C(F)(F)F)cc2N2CC3CC3C2)CC1. The molecule has 6 rings (SSSR count). The molecule has 0 radical (unpaired) electrons. The Morgan fingerprint density at radius 2 is 1.58 bits per heavy atom. The Morgan fingerprint density at radius 1 is 0.953 bits per heavy atom. The van der Waals surface area contributed by atoms with Crippen LogP contribution in [0.2, 0.25) is 0 Å². The Hall–Kier alpha value is -2.81. The van der Waals surface area contributed by atoms with E-state index in [1.807, 2.05) is 62.9 Å². The van der Waals surface area contributed by atoms with E-state index in [1.54, 1.807) is 18.1 Å². The van der Waals surface area contributed by atoms with Crippen LogP contribution >= 0.6 is 0 Å². The standard InChI is InChI=1S/C27H37F4N3O.C7H8O/c1-17-13-34(25(2,3)4)16-26(17,28)24(35)32-9-7-18(8-10-32)22-6-5-21(27(29,30)31)12-23(22)33-14-19-11-20(19)15-33;1-8-7-5-3-2-4-6-7/h5-6,12,17-20H,7-11,13-16H2,1-4H3;2-6H,1H3/t17-,19?,20?,26+;/m1./s1. The number of amides is 1. The molecule has 4 atom stereocenters. The lowest BCUT2D eigenvalue weighted by molar-refractivity contribution is -0.146. The van der Waals surface area contributed by atoms with Crippen LogP contribution in [-0.2, 0) is 11.0 Å². The fourth-order valence-electron chi connectivity index (χ4n) is 6.91. The van der Waals surface area contributed by atoms with Gasteiger partial charge in [-0.15, -0.1) is 0 Å². The Bertz CT molecular complexity index is 1260. The first-order valence-corrected chi connectivity index (χ1v) is 15.5. The summed E-state index contributed by atoms with van der Waals surface area (Å²) in [5.41, 5.74) is -1.07.